The summed E-state index contributed by atoms with van der Waals surface area (Å²) in [5, 5.41) is 3.12. The molecule has 5 heteroatoms. The van der Waals surface area contributed by atoms with E-state index >= 15 is 0 Å². The second-order valence-corrected chi connectivity index (χ2v) is 5.30. The van der Waals surface area contributed by atoms with Crippen molar-refractivity contribution in [1.29, 1.82) is 0 Å². The molecule has 1 saturated carbocycles. The Kier molecular flexibility index (Phi) is 5.60. The molecule has 110 valence electrons. The molecule has 2 unspecified atom stereocenters. The Morgan fingerprint density at radius 3 is 2.63 bits per heavy atom. The Morgan fingerprint density at radius 2 is 1.95 bits per heavy atom. The number of ether oxygens (including phenoxy) is 2. The fourth-order valence-electron chi connectivity index (χ4n) is 3.19. The monoisotopic (exact) mass is 270 g/mol. The van der Waals surface area contributed by atoms with E-state index in [2.05, 4.69) is 10.2 Å². The highest BCUT2D eigenvalue weighted by Gasteiger charge is 2.37. The Bertz CT molecular complexity index is 292. The van der Waals surface area contributed by atoms with Crippen molar-refractivity contribution in [3.05, 3.63) is 0 Å². The molecule has 0 aromatic carbocycles. The number of nitrogens with one attached hydrogen (secondary N) is 1. The average Bonchev–Trinajstić information content (AvgIpc) is 2.39. The minimum Gasteiger partial charge on any atom is -0.352 e. The van der Waals surface area contributed by atoms with Gasteiger partial charge in [0.05, 0.1) is 13.1 Å². The Balaban J connectivity index is 1.96. The molecular formula is C14H26N2O3. The third kappa shape index (κ3) is 3.91. The average molecular weight is 270 g/mol. The quantitative estimate of drug-likeness (QED) is 0.735. The van der Waals surface area contributed by atoms with Crippen molar-refractivity contribution in [3.8, 4) is 0 Å². The van der Waals surface area contributed by atoms with Gasteiger partial charge in [0.15, 0.2) is 6.29 Å². The second kappa shape index (κ2) is 7.22. The van der Waals surface area contributed by atoms with Crippen LogP contribution in [0, 0.1) is 0 Å². The first-order valence-corrected chi connectivity index (χ1v) is 7.51. The highest BCUT2D eigenvalue weighted by Crippen LogP contribution is 2.26. The molecule has 0 radical (unpaired) electrons. The largest absolute Gasteiger partial charge is 0.352 e. The number of nitrogens with zero attached hydrogens (tertiary/aromatic N) is 1. The molecule has 1 aliphatic carbocycles. The van der Waals surface area contributed by atoms with Gasteiger partial charge in [-0.25, -0.2) is 0 Å². The summed E-state index contributed by atoms with van der Waals surface area (Å²) >= 11 is 0. The number of piperazine rings is 1. The molecule has 2 rings (SSSR count). The summed E-state index contributed by atoms with van der Waals surface area (Å²) in [6, 6.07) is 0.772. The SMILES string of the molecule is CCOC(CN1CC(=O)NC2CCCCC21)OCC. The van der Waals surface area contributed by atoms with Gasteiger partial charge in [0.1, 0.15) is 0 Å². The van der Waals surface area contributed by atoms with E-state index in [9.17, 15) is 4.79 Å². The van der Waals surface area contributed by atoms with E-state index in [0.717, 1.165) is 12.8 Å². The van der Waals surface area contributed by atoms with Crippen LogP contribution < -0.4 is 5.32 Å². The molecular weight excluding hydrogens is 244 g/mol. The Hall–Kier alpha value is -0.650. The van der Waals surface area contributed by atoms with Crippen molar-refractivity contribution in [1.82, 2.24) is 10.2 Å². The molecule has 2 fully saturated rings. The lowest BCUT2D eigenvalue weighted by atomic mass is 9.87. The lowest BCUT2D eigenvalue weighted by molar-refractivity contribution is -0.158. The van der Waals surface area contributed by atoms with Crippen molar-refractivity contribution in [2.45, 2.75) is 57.9 Å². The second-order valence-electron chi connectivity index (χ2n) is 5.30. The lowest BCUT2D eigenvalue weighted by Crippen LogP contribution is -2.62. The van der Waals surface area contributed by atoms with E-state index in [4.69, 9.17) is 9.47 Å². The first-order valence-electron chi connectivity index (χ1n) is 7.51. The van der Waals surface area contributed by atoms with Crippen LogP contribution in [0.25, 0.3) is 0 Å². The molecule has 5 nitrogen and oxygen atoms in total. The molecule has 0 aromatic heterocycles. The van der Waals surface area contributed by atoms with Gasteiger partial charge in [-0.1, -0.05) is 12.8 Å². The summed E-state index contributed by atoms with van der Waals surface area (Å²) in [5.41, 5.74) is 0. The van der Waals surface area contributed by atoms with Crippen molar-refractivity contribution >= 4 is 5.91 Å². The minimum absolute atomic E-state index is 0.134. The number of rotatable bonds is 6. The maximum atomic E-state index is 11.8. The third-order valence-corrected chi connectivity index (χ3v) is 3.98. The predicted molar refractivity (Wildman–Crippen MR) is 72.8 cm³/mol. The number of hydrogen-bond acceptors (Lipinski definition) is 4. The zero-order valence-corrected chi connectivity index (χ0v) is 12.1. The molecule has 0 bridgehead atoms. The van der Waals surface area contributed by atoms with Crippen LogP contribution in [0.5, 0.6) is 0 Å². The number of carbonyl (C=O) groups excluding carboxylic acids is 1. The topological polar surface area (TPSA) is 50.8 Å². The molecule has 19 heavy (non-hydrogen) atoms. The normalized spacial score (nSPS) is 28.3. The zero-order chi connectivity index (χ0) is 13.7. The highest BCUT2D eigenvalue weighted by atomic mass is 16.7. The summed E-state index contributed by atoms with van der Waals surface area (Å²) in [5.74, 6) is 0.134. The van der Waals surface area contributed by atoms with Crippen LogP contribution in [-0.4, -0.2) is 55.5 Å². The van der Waals surface area contributed by atoms with Gasteiger partial charge < -0.3 is 14.8 Å². The number of hydrogen-bond donors (Lipinski definition) is 1. The van der Waals surface area contributed by atoms with Crippen LogP contribution >= 0.6 is 0 Å². The molecule has 1 saturated heterocycles. The molecule has 0 spiro atoms. The number of amides is 1. The molecule has 0 aromatic rings. The third-order valence-electron chi connectivity index (χ3n) is 3.98. The summed E-state index contributed by atoms with van der Waals surface area (Å²) in [7, 11) is 0. The number of fused-ring (bicyclic) bond motifs is 1. The summed E-state index contributed by atoms with van der Waals surface area (Å²) < 4.78 is 11.2. The van der Waals surface area contributed by atoms with Gasteiger partial charge in [-0.05, 0) is 26.7 Å². The van der Waals surface area contributed by atoms with Gasteiger partial charge in [-0.15, -0.1) is 0 Å². The maximum absolute atomic E-state index is 11.8. The Labute approximate surface area is 115 Å². The molecule has 1 amide bonds. The smallest absolute Gasteiger partial charge is 0.234 e. The van der Waals surface area contributed by atoms with Crippen molar-refractivity contribution in [2.75, 3.05) is 26.3 Å². The fourth-order valence-corrected chi connectivity index (χ4v) is 3.19. The van der Waals surface area contributed by atoms with E-state index in [-0.39, 0.29) is 12.2 Å². The van der Waals surface area contributed by atoms with Crippen LogP contribution in [0.3, 0.4) is 0 Å². The molecule has 2 aliphatic rings. The molecule has 2 atom stereocenters. The first kappa shape index (κ1) is 14.8. The zero-order valence-electron chi connectivity index (χ0n) is 12.1. The van der Waals surface area contributed by atoms with Gasteiger partial charge in [0.2, 0.25) is 5.91 Å². The number of carbonyl (C=O) groups is 1. The van der Waals surface area contributed by atoms with Crippen LogP contribution in [0.4, 0.5) is 0 Å². The fraction of sp³-hybridized carbons (Fsp3) is 0.929. The van der Waals surface area contributed by atoms with Crippen LogP contribution in [-0.2, 0) is 14.3 Å². The van der Waals surface area contributed by atoms with E-state index < -0.39 is 0 Å². The van der Waals surface area contributed by atoms with Gasteiger partial charge in [0, 0.05) is 25.3 Å². The van der Waals surface area contributed by atoms with Crippen molar-refractivity contribution in [2.24, 2.45) is 0 Å². The van der Waals surface area contributed by atoms with Gasteiger partial charge in [-0.3, -0.25) is 9.69 Å². The molecule has 1 heterocycles. The summed E-state index contributed by atoms with van der Waals surface area (Å²) in [6.45, 7) is 6.38. The van der Waals surface area contributed by atoms with Gasteiger partial charge >= 0.3 is 0 Å². The standard InChI is InChI=1S/C14H26N2O3/c1-3-18-14(19-4-2)10-16-9-13(17)15-11-7-5-6-8-12(11)16/h11-12,14H,3-10H2,1-2H3,(H,15,17). The van der Waals surface area contributed by atoms with Crippen LogP contribution in [0.2, 0.25) is 0 Å². The summed E-state index contributed by atoms with van der Waals surface area (Å²) in [6.07, 6.45) is 4.51. The minimum atomic E-state index is -0.219. The first-order chi connectivity index (χ1) is 9.24. The molecule has 1 N–H and O–H groups in total. The van der Waals surface area contributed by atoms with Crippen molar-refractivity contribution < 1.29 is 14.3 Å². The van der Waals surface area contributed by atoms with Gasteiger partial charge in [-0.2, -0.15) is 0 Å². The predicted octanol–water partition coefficient (Wildman–Crippen LogP) is 1.13. The van der Waals surface area contributed by atoms with E-state index in [1.54, 1.807) is 0 Å². The van der Waals surface area contributed by atoms with Crippen LogP contribution in [0.1, 0.15) is 39.5 Å². The lowest BCUT2D eigenvalue weighted by Gasteiger charge is -2.44. The van der Waals surface area contributed by atoms with Crippen LogP contribution in [0.15, 0.2) is 0 Å². The summed E-state index contributed by atoms with van der Waals surface area (Å²) in [4.78, 5) is 14.0. The van der Waals surface area contributed by atoms with E-state index in [1.807, 2.05) is 13.8 Å². The van der Waals surface area contributed by atoms with E-state index in [1.165, 1.54) is 12.8 Å². The highest BCUT2D eigenvalue weighted by molar-refractivity contribution is 5.79. The Morgan fingerprint density at radius 1 is 1.26 bits per heavy atom. The molecule has 1 aliphatic heterocycles. The van der Waals surface area contributed by atoms with E-state index in [0.29, 0.717) is 38.4 Å². The van der Waals surface area contributed by atoms with Crippen molar-refractivity contribution in [3.63, 3.8) is 0 Å². The van der Waals surface area contributed by atoms with Gasteiger partial charge in [0.25, 0.3) is 0 Å². The maximum Gasteiger partial charge on any atom is 0.234 e.